The molecule has 2 aromatic rings. The van der Waals surface area contributed by atoms with Gasteiger partial charge in [-0.2, -0.15) is 0 Å². The van der Waals surface area contributed by atoms with Gasteiger partial charge in [0.2, 0.25) is 0 Å². The van der Waals surface area contributed by atoms with E-state index in [-0.39, 0.29) is 17.6 Å². The standard InChI is InChI=1S/C28H37N3O6/c1-19-24(32)16-25(36-18-22-17-34-13-14-35-22)31-8-7-20-15-21(5-6-23(20)26(19)31)29-9-11-30(12-10-29)27(33)37-28(2,3)4/h5-6,15-16,22H,7-14,17-18H2,1-4H3. The Kier molecular flexibility index (Phi) is 7.18. The zero-order valence-electron chi connectivity index (χ0n) is 22.2. The number of hydrogen-bond acceptors (Lipinski definition) is 7. The van der Waals surface area contributed by atoms with Crippen molar-refractivity contribution in [1.82, 2.24) is 9.47 Å². The number of nitrogens with zero attached hydrogens (tertiary/aromatic N) is 3. The normalized spacial score (nSPS) is 19.7. The second-order valence-electron chi connectivity index (χ2n) is 10.9. The van der Waals surface area contributed by atoms with Crippen LogP contribution in [0.15, 0.2) is 29.1 Å². The highest BCUT2D eigenvalue weighted by Gasteiger charge is 2.28. The zero-order chi connectivity index (χ0) is 26.2. The SMILES string of the molecule is Cc1c2n(c(OCC3COCCO3)cc1=O)CCc1cc(N3CCN(C(=O)OC(C)(C)C)CC3)ccc1-2. The molecule has 0 N–H and O–H groups in total. The van der Waals surface area contributed by atoms with Crippen molar-refractivity contribution >= 4 is 11.8 Å². The quantitative estimate of drug-likeness (QED) is 0.623. The van der Waals surface area contributed by atoms with Gasteiger partial charge in [0.25, 0.3) is 0 Å². The number of pyridine rings is 1. The molecule has 1 amide bonds. The summed E-state index contributed by atoms with van der Waals surface area (Å²) in [4.78, 5) is 29.4. The van der Waals surface area contributed by atoms with E-state index in [0.717, 1.165) is 48.6 Å². The minimum absolute atomic E-state index is 0.0303. The summed E-state index contributed by atoms with van der Waals surface area (Å²) in [6.07, 6.45) is 0.460. The van der Waals surface area contributed by atoms with E-state index in [1.54, 1.807) is 11.0 Å². The van der Waals surface area contributed by atoms with Gasteiger partial charge in [0, 0.05) is 55.6 Å². The van der Waals surface area contributed by atoms with Crippen LogP contribution in [0.2, 0.25) is 0 Å². The second-order valence-corrected chi connectivity index (χ2v) is 10.9. The van der Waals surface area contributed by atoms with E-state index in [9.17, 15) is 9.59 Å². The topological polar surface area (TPSA) is 82.5 Å². The van der Waals surface area contributed by atoms with Gasteiger partial charge < -0.3 is 33.3 Å². The fourth-order valence-electron chi connectivity index (χ4n) is 5.15. The lowest BCUT2D eigenvalue weighted by atomic mass is 9.93. The van der Waals surface area contributed by atoms with Gasteiger partial charge in [0.15, 0.2) is 11.3 Å². The Morgan fingerprint density at radius 1 is 1.08 bits per heavy atom. The highest BCUT2D eigenvalue weighted by atomic mass is 16.6. The molecule has 0 saturated carbocycles. The summed E-state index contributed by atoms with van der Waals surface area (Å²) in [7, 11) is 0. The number of aryl methyl sites for hydroxylation is 1. The minimum Gasteiger partial charge on any atom is -0.476 e. The number of anilines is 1. The average molecular weight is 512 g/mol. The van der Waals surface area contributed by atoms with E-state index >= 15 is 0 Å². The molecule has 1 atom stereocenters. The molecule has 2 fully saturated rings. The lowest BCUT2D eigenvalue weighted by Gasteiger charge is -2.37. The number of hydrogen-bond donors (Lipinski definition) is 0. The van der Waals surface area contributed by atoms with Gasteiger partial charge in [-0.25, -0.2) is 4.79 Å². The molecule has 0 radical (unpaired) electrons. The summed E-state index contributed by atoms with van der Waals surface area (Å²) < 4.78 is 24.9. The van der Waals surface area contributed by atoms with Gasteiger partial charge in [0.1, 0.15) is 18.3 Å². The molecule has 5 rings (SSSR count). The Hall–Kier alpha value is -3.04. The number of rotatable bonds is 4. The van der Waals surface area contributed by atoms with Crippen LogP contribution in [0.5, 0.6) is 5.88 Å². The lowest BCUT2D eigenvalue weighted by molar-refractivity contribution is -0.102. The molecule has 9 nitrogen and oxygen atoms in total. The van der Waals surface area contributed by atoms with Crippen LogP contribution in [0.3, 0.4) is 0 Å². The third-order valence-corrected chi connectivity index (χ3v) is 7.06. The number of aromatic nitrogens is 1. The van der Waals surface area contributed by atoms with Crippen LogP contribution in [0.4, 0.5) is 10.5 Å². The maximum absolute atomic E-state index is 12.9. The Bertz CT molecular complexity index is 1200. The van der Waals surface area contributed by atoms with Crippen LogP contribution in [0.25, 0.3) is 11.3 Å². The summed E-state index contributed by atoms with van der Waals surface area (Å²) in [5.74, 6) is 0.577. The fraction of sp³-hybridized carbons (Fsp3) is 0.571. The molecule has 3 aliphatic heterocycles. The van der Waals surface area contributed by atoms with Crippen molar-refractivity contribution in [2.24, 2.45) is 0 Å². The van der Waals surface area contributed by atoms with Crippen LogP contribution in [-0.2, 0) is 27.2 Å². The third kappa shape index (κ3) is 5.62. The lowest BCUT2D eigenvalue weighted by Crippen LogP contribution is -2.50. The zero-order valence-corrected chi connectivity index (χ0v) is 22.2. The summed E-state index contributed by atoms with van der Waals surface area (Å²) >= 11 is 0. The van der Waals surface area contributed by atoms with E-state index in [2.05, 4.69) is 27.7 Å². The number of carbonyl (C=O) groups excluding carboxylic acids is 1. The van der Waals surface area contributed by atoms with E-state index in [1.807, 2.05) is 27.7 Å². The first-order valence-electron chi connectivity index (χ1n) is 13.1. The molecule has 2 saturated heterocycles. The molecule has 3 aliphatic rings. The molecule has 9 heteroatoms. The predicted octanol–water partition coefficient (Wildman–Crippen LogP) is 3.23. The Morgan fingerprint density at radius 2 is 1.86 bits per heavy atom. The molecular formula is C28H37N3O6. The van der Waals surface area contributed by atoms with Crippen LogP contribution >= 0.6 is 0 Å². The van der Waals surface area contributed by atoms with Crippen molar-refractivity contribution < 1.29 is 23.7 Å². The molecule has 0 aliphatic carbocycles. The molecule has 1 aromatic heterocycles. The smallest absolute Gasteiger partial charge is 0.410 e. The van der Waals surface area contributed by atoms with Crippen molar-refractivity contribution in [2.45, 2.75) is 52.4 Å². The van der Waals surface area contributed by atoms with Crippen LogP contribution in [-0.4, -0.2) is 79.9 Å². The average Bonchev–Trinajstić information content (AvgIpc) is 2.89. The van der Waals surface area contributed by atoms with Crippen LogP contribution in [0, 0.1) is 6.92 Å². The summed E-state index contributed by atoms with van der Waals surface area (Å²) in [6, 6.07) is 8.05. The molecular weight excluding hydrogens is 474 g/mol. The summed E-state index contributed by atoms with van der Waals surface area (Å²) in [5.41, 5.74) is 4.55. The minimum atomic E-state index is -0.494. The van der Waals surface area contributed by atoms with E-state index in [1.165, 1.54) is 5.56 Å². The Balaban J connectivity index is 1.32. The van der Waals surface area contributed by atoms with Crippen LogP contribution in [0.1, 0.15) is 31.9 Å². The molecule has 4 heterocycles. The first-order chi connectivity index (χ1) is 17.7. The van der Waals surface area contributed by atoms with Crippen LogP contribution < -0.4 is 15.1 Å². The molecule has 0 spiro atoms. The van der Waals surface area contributed by atoms with Gasteiger partial charge in [0.05, 0.1) is 25.5 Å². The molecule has 37 heavy (non-hydrogen) atoms. The number of fused-ring (bicyclic) bond motifs is 3. The van der Waals surface area contributed by atoms with Crippen molar-refractivity contribution in [2.75, 3.05) is 57.5 Å². The van der Waals surface area contributed by atoms with Crippen molar-refractivity contribution in [3.05, 3.63) is 45.6 Å². The van der Waals surface area contributed by atoms with E-state index in [4.69, 9.17) is 18.9 Å². The predicted molar refractivity (Wildman–Crippen MR) is 141 cm³/mol. The highest BCUT2D eigenvalue weighted by Crippen LogP contribution is 2.36. The van der Waals surface area contributed by atoms with Gasteiger partial charge >= 0.3 is 6.09 Å². The maximum atomic E-state index is 12.9. The van der Waals surface area contributed by atoms with Crippen molar-refractivity contribution in [3.63, 3.8) is 0 Å². The van der Waals surface area contributed by atoms with Gasteiger partial charge in [-0.1, -0.05) is 6.07 Å². The summed E-state index contributed by atoms with van der Waals surface area (Å²) in [6.45, 7) is 13.0. The van der Waals surface area contributed by atoms with E-state index < -0.39 is 5.60 Å². The number of carbonyl (C=O) groups is 1. The van der Waals surface area contributed by atoms with Gasteiger partial charge in [-0.3, -0.25) is 4.79 Å². The summed E-state index contributed by atoms with van der Waals surface area (Å²) in [5, 5.41) is 0. The Morgan fingerprint density at radius 3 is 2.57 bits per heavy atom. The maximum Gasteiger partial charge on any atom is 0.410 e. The second kappa shape index (κ2) is 10.4. The molecule has 1 aromatic carbocycles. The van der Waals surface area contributed by atoms with Gasteiger partial charge in [-0.05, 0) is 51.8 Å². The molecule has 0 bridgehead atoms. The number of ether oxygens (including phenoxy) is 4. The number of benzene rings is 1. The van der Waals surface area contributed by atoms with Crippen molar-refractivity contribution in [3.8, 4) is 17.1 Å². The largest absolute Gasteiger partial charge is 0.476 e. The first kappa shape index (κ1) is 25.6. The number of piperazine rings is 1. The fourth-order valence-corrected chi connectivity index (χ4v) is 5.15. The van der Waals surface area contributed by atoms with Crippen molar-refractivity contribution in [1.29, 1.82) is 0 Å². The third-order valence-electron chi connectivity index (χ3n) is 7.06. The van der Waals surface area contributed by atoms with E-state index in [0.29, 0.717) is 45.4 Å². The first-order valence-corrected chi connectivity index (χ1v) is 13.1. The Labute approximate surface area is 217 Å². The van der Waals surface area contributed by atoms with Gasteiger partial charge in [-0.15, -0.1) is 0 Å². The highest BCUT2D eigenvalue weighted by molar-refractivity contribution is 5.73. The molecule has 200 valence electrons. The molecule has 1 unspecified atom stereocenters. The number of amides is 1. The monoisotopic (exact) mass is 511 g/mol.